The van der Waals surface area contributed by atoms with Crippen LogP contribution < -0.4 is 4.74 Å². The summed E-state index contributed by atoms with van der Waals surface area (Å²) in [6.07, 6.45) is 4.42. The predicted octanol–water partition coefficient (Wildman–Crippen LogP) is 6.66. The Labute approximate surface area is 195 Å². The van der Waals surface area contributed by atoms with Gasteiger partial charge in [0, 0.05) is 5.57 Å². The largest absolute Gasteiger partial charge is 0.457 e. The molecule has 0 unspecified atom stereocenters. The van der Waals surface area contributed by atoms with E-state index in [-0.39, 0.29) is 6.61 Å². The van der Waals surface area contributed by atoms with Crippen molar-refractivity contribution < 1.29 is 19.1 Å². The third-order valence-corrected chi connectivity index (χ3v) is 6.20. The molecule has 33 heavy (non-hydrogen) atoms. The molecular weight excluding hydrogens is 412 g/mol. The van der Waals surface area contributed by atoms with Crippen molar-refractivity contribution in [2.45, 2.75) is 45.1 Å². The van der Waals surface area contributed by atoms with Gasteiger partial charge in [-0.2, -0.15) is 0 Å². The summed E-state index contributed by atoms with van der Waals surface area (Å²) in [5.74, 6) is 0.484. The first kappa shape index (κ1) is 22.8. The van der Waals surface area contributed by atoms with Crippen LogP contribution in [0.15, 0.2) is 72.8 Å². The Hall–Kier alpha value is -3.40. The van der Waals surface area contributed by atoms with Crippen LogP contribution in [0.25, 0.3) is 10.8 Å². The number of ether oxygens (including phenoxy) is 2. The van der Waals surface area contributed by atoms with E-state index < -0.39 is 11.9 Å². The summed E-state index contributed by atoms with van der Waals surface area (Å²) in [7, 11) is 0. The fourth-order valence-corrected chi connectivity index (χ4v) is 4.19. The van der Waals surface area contributed by atoms with Crippen LogP contribution in [0.5, 0.6) is 5.75 Å². The molecule has 0 N–H and O–H groups in total. The monoisotopic (exact) mass is 440 g/mol. The molecule has 1 fully saturated rings. The highest BCUT2D eigenvalue weighted by atomic mass is 16.5. The number of hydrogen-bond donors (Lipinski definition) is 0. The van der Waals surface area contributed by atoms with Crippen LogP contribution in [-0.2, 0) is 16.1 Å². The second-order valence-electron chi connectivity index (χ2n) is 8.82. The molecule has 4 nitrogen and oxygen atoms in total. The number of carbonyl (C=O) groups is 2. The maximum atomic E-state index is 12.7. The van der Waals surface area contributed by atoms with Crippen LogP contribution in [0.2, 0.25) is 0 Å². The van der Waals surface area contributed by atoms with Gasteiger partial charge in [-0.25, -0.2) is 9.59 Å². The van der Waals surface area contributed by atoms with Crippen molar-refractivity contribution in [3.8, 4) is 5.75 Å². The Morgan fingerprint density at radius 2 is 1.61 bits per heavy atom. The summed E-state index contributed by atoms with van der Waals surface area (Å²) in [4.78, 5) is 24.2. The zero-order chi connectivity index (χ0) is 23.4. The highest BCUT2D eigenvalue weighted by Crippen LogP contribution is 2.36. The standard InChI is InChI=1S/C29H28O4/c1-19(2)28(30)32-18-21-6-14-27(15-7-21)33-29(31)26-13-12-24-16-23(10-11-25(24)17-26)22-8-4-20(3)5-9-22/h3,6-7,10-17,20,22H,1,4-5,8-9,18H2,2H3. The molecule has 3 aromatic rings. The maximum Gasteiger partial charge on any atom is 0.343 e. The molecule has 1 aliphatic rings. The predicted molar refractivity (Wildman–Crippen MR) is 129 cm³/mol. The molecule has 1 saturated carbocycles. The van der Waals surface area contributed by atoms with E-state index in [4.69, 9.17) is 16.4 Å². The molecule has 0 heterocycles. The third-order valence-electron chi connectivity index (χ3n) is 6.20. The lowest BCUT2D eigenvalue weighted by Gasteiger charge is -2.26. The second-order valence-corrected chi connectivity index (χ2v) is 8.82. The average Bonchev–Trinajstić information content (AvgIpc) is 2.83. The van der Waals surface area contributed by atoms with Crippen molar-refractivity contribution in [1.82, 2.24) is 0 Å². The Balaban J connectivity index is 1.40. The zero-order valence-electron chi connectivity index (χ0n) is 18.9. The van der Waals surface area contributed by atoms with E-state index in [0.29, 0.717) is 28.7 Å². The van der Waals surface area contributed by atoms with Crippen molar-refractivity contribution >= 4 is 22.7 Å². The number of esters is 2. The number of fused-ring (bicyclic) bond motifs is 1. The molecular formula is C29H28O4. The van der Waals surface area contributed by atoms with Gasteiger partial charge in [0.2, 0.25) is 0 Å². The van der Waals surface area contributed by atoms with Crippen LogP contribution in [0.4, 0.5) is 0 Å². The molecule has 0 aliphatic heterocycles. The second kappa shape index (κ2) is 10.0. The van der Waals surface area contributed by atoms with Crippen molar-refractivity contribution in [2.24, 2.45) is 5.92 Å². The van der Waals surface area contributed by atoms with E-state index in [1.54, 1.807) is 37.3 Å². The van der Waals surface area contributed by atoms with Gasteiger partial charge in [0.05, 0.1) is 5.56 Å². The minimum absolute atomic E-state index is 0.139. The molecule has 0 bridgehead atoms. The van der Waals surface area contributed by atoms with E-state index >= 15 is 0 Å². The van der Waals surface area contributed by atoms with Crippen molar-refractivity contribution in [2.75, 3.05) is 0 Å². The van der Waals surface area contributed by atoms with Crippen LogP contribution in [0.1, 0.15) is 60.0 Å². The molecule has 0 atom stereocenters. The van der Waals surface area contributed by atoms with Crippen LogP contribution in [0, 0.1) is 12.8 Å². The highest BCUT2D eigenvalue weighted by Gasteiger charge is 2.20. The van der Waals surface area contributed by atoms with Crippen molar-refractivity contribution in [3.05, 3.63) is 96.4 Å². The lowest BCUT2D eigenvalue weighted by atomic mass is 9.79. The van der Waals surface area contributed by atoms with E-state index in [0.717, 1.165) is 42.0 Å². The van der Waals surface area contributed by atoms with Gasteiger partial charge in [-0.1, -0.05) is 43.0 Å². The molecule has 1 aliphatic carbocycles. The maximum absolute atomic E-state index is 12.7. The molecule has 0 spiro atoms. The lowest BCUT2D eigenvalue weighted by Crippen LogP contribution is -2.11. The Morgan fingerprint density at radius 3 is 2.30 bits per heavy atom. The summed E-state index contributed by atoms with van der Waals surface area (Å²) in [6, 6.07) is 19.0. The lowest BCUT2D eigenvalue weighted by molar-refractivity contribution is -0.140. The first-order valence-corrected chi connectivity index (χ1v) is 11.3. The molecule has 2 radical (unpaired) electrons. The first-order valence-electron chi connectivity index (χ1n) is 11.3. The molecule has 4 heteroatoms. The number of benzene rings is 3. The normalized spacial score (nSPS) is 18.0. The Kier molecular flexibility index (Phi) is 6.93. The first-order chi connectivity index (χ1) is 15.9. The van der Waals surface area contributed by atoms with Gasteiger partial charge in [-0.15, -0.1) is 0 Å². The highest BCUT2D eigenvalue weighted by molar-refractivity contribution is 5.96. The fraction of sp³-hybridized carbons (Fsp3) is 0.276. The van der Waals surface area contributed by atoms with Crippen LogP contribution >= 0.6 is 0 Å². The number of rotatable bonds is 6. The van der Waals surface area contributed by atoms with E-state index in [1.807, 2.05) is 12.1 Å². The van der Waals surface area contributed by atoms with Crippen molar-refractivity contribution in [3.63, 3.8) is 0 Å². The Bertz CT molecular complexity index is 1170. The van der Waals surface area contributed by atoms with Gasteiger partial charge >= 0.3 is 11.9 Å². The zero-order valence-corrected chi connectivity index (χ0v) is 18.9. The smallest absolute Gasteiger partial charge is 0.343 e. The quantitative estimate of drug-likeness (QED) is 0.244. The summed E-state index contributed by atoms with van der Waals surface area (Å²) >= 11 is 0. The molecule has 168 valence electrons. The van der Waals surface area contributed by atoms with E-state index in [1.165, 1.54) is 5.56 Å². The third kappa shape index (κ3) is 5.70. The number of carbonyl (C=O) groups excluding carboxylic acids is 2. The van der Waals surface area contributed by atoms with E-state index in [9.17, 15) is 9.59 Å². The van der Waals surface area contributed by atoms with Gasteiger partial charge in [-0.3, -0.25) is 0 Å². The van der Waals surface area contributed by atoms with Gasteiger partial charge in [0.15, 0.2) is 0 Å². The summed E-state index contributed by atoms with van der Waals surface area (Å²) in [5, 5.41) is 2.13. The summed E-state index contributed by atoms with van der Waals surface area (Å²) < 4.78 is 10.6. The topological polar surface area (TPSA) is 52.6 Å². The number of hydrogen-bond acceptors (Lipinski definition) is 4. The molecule has 4 rings (SSSR count). The molecule has 3 aromatic carbocycles. The molecule has 0 amide bonds. The SMILES string of the molecule is [CH]C1CCC(c2ccc3cc(C(=O)Oc4ccc(COC(=O)C(=C)C)cc4)ccc3c2)CC1. The van der Waals surface area contributed by atoms with Crippen molar-refractivity contribution in [1.29, 1.82) is 0 Å². The minimum atomic E-state index is -0.433. The summed E-state index contributed by atoms with van der Waals surface area (Å²) in [6.45, 7) is 11.3. The summed E-state index contributed by atoms with van der Waals surface area (Å²) in [5.41, 5.74) is 2.99. The van der Waals surface area contributed by atoms with Crippen LogP contribution in [0.3, 0.4) is 0 Å². The van der Waals surface area contributed by atoms with E-state index in [2.05, 4.69) is 24.8 Å². The van der Waals surface area contributed by atoms with Gasteiger partial charge in [0.1, 0.15) is 12.4 Å². The average molecular weight is 441 g/mol. The molecule has 0 saturated heterocycles. The Morgan fingerprint density at radius 1 is 0.939 bits per heavy atom. The fourth-order valence-electron chi connectivity index (χ4n) is 4.19. The minimum Gasteiger partial charge on any atom is -0.457 e. The molecule has 0 aromatic heterocycles. The van der Waals surface area contributed by atoms with Gasteiger partial charge < -0.3 is 9.47 Å². The van der Waals surface area contributed by atoms with Gasteiger partial charge in [0.25, 0.3) is 0 Å². The van der Waals surface area contributed by atoms with Gasteiger partial charge in [-0.05, 0) is 97.5 Å². The van der Waals surface area contributed by atoms with Crippen LogP contribution in [-0.4, -0.2) is 11.9 Å².